The van der Waals surface area contributed by atoms with Crippen LogP contribution < -0.4 is 5.32 Å². The van der Waals surface area contributed by atoms with E-state index in [4.69, 9.17) is 4.74 Å². The molecule has 8 heteroatoms. The van der Waals surface area contributed by atoms with E-state index in [9.17, 15) is 13.8 Å². The van der Waals surface area contributed by atoms with Gasteiger partial charge in [0.25, 0.3) is 0 Å². The maximum Gasteiger partial charge on any atom is 0.325 e. The van der Waals surface area contributed by atoms with Gasteiger partial charge in [0.2, 0.25) is 5.78 Å². The molecule has 0 unspecified atom stereocenters. The average molecular weight is 302 g/mol. The highest BCUT2D eigenvalue weighted by molar-refractivity contribution is 8.02. The molecule has 112 valence electrons. The number of carbonyl (C=O) groups excluding carboxylic acids is 2. The maximum atomic E-state index is 12.1. The molecule has 0 radical (unpaired) electrons. The fourth-order valence-electron chi connectivity index (χ4n) is 1.58. The van der Waals surface area contributed by atoms with Gasteiger partial charge < -0.3 is 10.1 Å². The molecular formula is C12H20N3O4S+. The third-order valence-electron chi connectivity index (χ3n) is 2.31. The van der Waals surface area contributed by atoms with E-state index < -0.39 is 15.9 Å². The summed E-state index contributed by atoms with van der Waals surface area (Å²) in [6.07, 6.45) is 4.61. The van der Waals surface area contributed by atoms with Gasteiger partial charge in [-0.3, -0.25) is 14.3 Å². The van der Waals surface area contributed by atoms with Crippen molar-refractivity contribution in [3.63, 3.8) is 0 Å². The van der Waals surface area contributed by atoms with Crippen molar-refractivity contribution in [3.05, 3.63) is 11.8 Å². The number of aromatic nitrogens is 2. The van der Waals surface area contributed by atoms with Gasteiger partial charge in [-0.05, 0) is 6.92 Å². The third kappa shape index (κ3) is 5.12. The highest BCUT2D eigenvalue weighted by atomic mass is 32.2. The molecule has 1 heterocycles. The Morgan fingerprint density at radius 2 is 2.10 bits per heavy atom. The number of esters is 1. The minimum Gasteiger partial charge on any atom is -0.465 e. The SMILES string of the molecule is CCOC(=O)CNc1nn(C)cc1C(=O)C[S+](C)(C)=O. The van der Waals surface area contributed by atoms with E-state index in [1.165, 1.54) is 17.2 Å². The molecule has 0 bridgehead atoms. The smallest absolute Gasteiger partial charge is 0.325 e. The first kappa shape index (κ1) is 16.4. The third-order valence-corrected chi connectivity index (χ3v) is 3.27. The van der Waals surface area contributed by atoms with E-state index in [2.05, 4.69) is 10.4 Å². The molecule has 1 aromatic rings. The number of Topliss-reactive ketones (excluding diaryl/α,β-unsaturated/α-hetero) is 1. The second-order valence-electron chi connectivity index (χ2n) is 4.73. The van der Waals surface area contributed by atoms with Crippen LogP contribution in [0.15, 0.2) is 6.20 Å². The van der Waals surface area contributed by atoms with Crippen molar-refractivity contribution < 1.29 is 18.5 Å². The van der Waals surface area contributed by atoms with Gasteiger partial charge in [-0.15, -0.1) is 4.21 Å². The molecule has 0 aliphatic rings. The van der Waals surface area contributed by atoms with E-state index in [1.54, 1.807) is 20.2 Å². The standard InChI is InChI=1S/C12H20N3O4S/c1-5-19-11(17)6-13-12-9(7-15(2)14-12)10(16)8-20(3,4)18/h7H,5-6,8H2,1-4H3,(H,13,14)/q+1. The quantitative estimate of drug-likeness (QED) is 0.444. The molecule has 0 saturated carbocycles. The summed E-state index contributed by atoms with van der Waals surface area (Å²) >= 11 is 0. The van der Waals surface area contributed by atoms with Gasteiger partial charge in [0.1, 0.15) is 19.1 Å². The zero-order chi connectivity index (χ0) is 15.3. The molecule has 0 aliphatic carbocycles. The van der Waals surface area contributed by atoms with Gasteiger partial charge in [0.15, 0.2) is 11.6 Å². The summed E-state index contributed by atoms with van der Waals surface area (Å²) in [4.78, 5) is 23.4. The molecule has 1 aromatic heterocycles. The van der Waals surface area contributed by atoms with Crippen LogP contribution in [0.5, 0.6) is 0 Å². The fourth-order valence-corrected chi connectivity index (χ4v) is 2.37. The molecule has 0 atom stereocenters. The molecule has 20 heavy (non-hydrogen) atoms. The summed E-state index contributed by atoms with van der Waals surface area (Å²) in [5.74, 6) is -0.438. The number of anilines is 1. The minimum absolute atomic E-state index is 0.0488. The molecule has 0 aliphatic heterocycles. The predicted molar refractivity (Wildman–Crippen MR) is 77.4 cm³/mol. The number of carbonyl (C=O) groups is 2. The van der Waals surface area contributed by atoms with Crippen molar-refractivity contribution in [2.45, 2.75) is 6.92 Å². The topological polar surface area (TPSA) is 90.3 Å². The van der Waals surface area contributed by atoms with Crippen LogP contribution in [-0.4, -0.2) is 52.9 Å². The molecule has 0 aromatic carbocycles. The Labute approximate surface area is 119 Å². The van der Waals surface area contributed by atoms with Gasteiger partial charge in [-0.2, -0.15) is 5.10 Å². The van der Waals surface area contributed by atoms with Crippen molar-refractivity contribution >= 4 is 27.5 Å². The number of aryl methyl sites for hydroxylation is 1. The van der Waals surface area contributed by atoms with E-state index in [0.29, 0.717) is 18.0 Å². The summed E-state index contributed by atoms with van der Waals surface area (Å²) in [5, 5.41) is 6.84. The predicted octanol–water partition coefficient (Wildman–Crippen LogP) is 0.337. The van der Waals surface area contributed by atoms with Crippen molar-refractivity contribution in [1.29, 1.82) is 0 Å². The second-order valence-corrected chi connectivity index (χ2v) is 7.89. The van der Waals surface area contributed by atoms with Gasteiger partial charge in [0.05, 0.1) is 22.1 Å². The number of ketones is 1. The number of hydrogen-bond acceptors (Lipinski definition) is 6. The summed E-state index contributed by atoms with van der Waals surface area (Å²) in [5.41, 5.74) is 0.327. The van der Waals surface area contributed by atoms with Crippen molar-refractivity contribution in [3.8, 4) is 0 Å². The molecule has 0 saturated heterocycles. The van der Waals surface area contributed by atoms with E-state index in [0.717, 1.165) is 0 Å². The largest absolute Gasteiger partial charge is 0.465 e. The van der Waals surface area contributed by atoms with E-state index in [-0.39, 0.29) is 18.1 Å². The Morgan fingerprint density at radius 1 is 1.45 bits per heavy atom. The van der Waals surface area contributed by atoms with Gasteiger partial charge in [-0.25, -0.2) is 0 Å². The summed E-state index contributed by atoms with van der Waals surface area (Å²) in [7, 11) is -0.507. The fraction of sp³-hybridized carbons (Fsp3) is 0.583. The van der Waals surface area contributed by atoms with Crippen LogP contribution in [0.4, 0.5) is 5.82 Å². The lowest BCUT2D eigenvalue weighted by atomic mass is 10.2. The van der Waals surface area contributed by atoms with Crippen LogP contribution in [-0.2, 0) is 30.7 Å². The van der Waals surface area contributed by atoms with Crippen LogP contribution in [0.25, 0.3) is 0 Å². The van der Waals surface area contributed by atoms with Crippen molar-refractivity contribution in [1.82, 2.24) is 9.78 Å². The highest BCUT2D eigenvalue weighted by Gasteiger charge is 2.24. The lowest BCUT2D eigenvalue weighted by molar-refractivity contribution is -0.140. The van der Waals surface area contributed by atoms with E-state index >= 15 is 0 Å². The Kier molecular flexibility index (Phi) is 5.43. The number of hydrogen-bond donors (Lipinski definition) is 1. The summed E-state index contributed by atoms with van der Waals surface area (Å²) in [6, 6.07) is 0. The Hall–Kier alpha value is -1.70. The van der Waals surface area contributed by atoms with Crippen molar-refractivity contribution in [2.24, 2.45) is 7.05 Å². The Bertz CT molecular complexity index is 547. The first-order chi connectivity index (χ1) is 9.23. The average Bonchev–Trinajstić information content (AvgIpc) is 2.66. The van der Waals surface area contributed by atoms with Crippen LogP contribution >= 0.6 is 0 Å². The second kappa shape index (κ2) is 6.65. The molecule has 1 N–H and O–H groups in total. The molecule has 0 fully saturated rings. The van der Waals surface area contributed by atoms with Crippen LogP contribution in [0, 0.1) is 0 Å². The Balaban J connectivity index is 2.80. The summed E-state index contributed by atoms with van der Waals surface area (Å²) < 4.78 is 17.9. The monoisotopic (exact) mass is 302 g/mol. The Morgan fingerprint density at radius 3 is 2.65 bits per heavy atom. The lowest BCUT2D eigenvalue weighted by Crippen LogP contribution is -2.22. The molecule has 0 spiro atoms. The number of nitrogens with one attached hydrogen (secondary N) is 1. The highest BCUT2D eigenvalue weighted by Crippen LogP contribution is 2.15. The van der Waals surface area contributed by atoms with Crippen LogP contribution in [0.2, 0.25) is 0 Å². The molecule has 1 rings (SSSR count). The van der Waals surface area contributed by atoms with Crippen molar-refractivity contribution in [2.75, 3.05) is 36.7 Å². The van der Waals surface area contributed by atoms with Crippen LogP contribution in [0.3, 0.4) is 0 Å². The van der Waals surface area contributed by atoms with E-state index in [1.807, 2.05) is 0 Å². The van der Waals surface area contributed by atoms with Gasteiger partial charge in [-0.1, -0.05) is 0 Å². The lowest BCUT2D eigenvalue weighted by Gasteiger charge is -2.05. The number of rotatable bonds is 7. The van der Waals surface area contributed by atoms with Gasteiger partial charge >= 0.3 is 5.97 Å². The zero-order valence-electron chi connectivity index (χ0n) is 12.1. The first-order valence-electron chi connectivity index (χ1n) is 6.11. The molecule has 7 nitrogen and oxygen atoms in total. The number of ether oxygens (including phenoxy) is 1. The number of nitrogens with zero attached hydrogens (tertiary/aromatic N) is 2. The maximum absolute atomic E-state index is 12.1. The molecule has 0 amide bonds. The normalized spacial score (nSPS) is 11.2. The first-order valence-corrected chi connectivity index (χ1v) is 8.65. The summed E-state index contributed by atoms with van der Waals surface area (Å²) in [6.45, 7) is 1.94. The van der Waals surface area contributed by atoms with Crippen LogP contribution in [0.1, 0.15) is 17.3 Å². The van der Waals surface area contributed by atoms with Gasteiger partial charge in [0, 0.05) is 13.2 Å². The molecular weight excluding hydrogens is 282 g/mol. The minimum atomic E-state index is -2.17. The zero-order valence-corrected chi connectivity index (χ0v) is 13.0.